The van der Waals surface area contributed by atoms with E-state index in [0.29, 0.717) is 0 Å². The summed E-state index contributed by atoms with van der Waals surface area (Å²) in [5, 5.41) is 0. The van der Waals surface area contributed by atoms with Gasteiger partial charge in [0.05, 0.1) is 4.70 Å². The van der Waals surface area contributed by atoms with Gasteiger partial charge in [-0.1, -0.05) is 30.3 Å². The number of benzene rings is 2. The standard InChI is InChI=1S/C20H18N3S.ClHO4/c1-22(2)16-10-7-15(8-11-16)9-12-17-13-14-21-20-23(17)18-5-3-4-6-19(18)24-20;2-1(3,4)5/h3-14H,1-2H3;(H,2,3,4,5)/q+1;/p-1. The number of hydrogen-bond acceptors (Lipinski definition) is 7. The fourth-order valence-corrected chi connectivity index (χ4v) is 3.77. The van der Waals surface area contributed by atoms with Crippen LogP contribution in [0.2, 0.25) is 0 Å². The summed E-state index contributed by atoms with van der Waals surface area (Å²) in [5.41, 5.74) is 4.73. The van der Waals surface area contributed by atoms with Crippen LogP contribution in [0.4, 0.5) is 5.69 Å². The third-order valence-electron chi connectivity index (χ3n) is 4.04. The summed E-state index contributed by atoms with van der Waals surface area (Å²) >= 11 is 1.72. The zero-order valence-corrected chi connectivity index (χ0v) is 17.3. The molecule has 0 bridgehead atoms. The van der Waals surface area contributed by atoms with Gasteiger partial charge in [-0.2, -0.15) is 4.40 Å². The number of hydrogen-bond donors (Lipinski definition) is 0. The minimum atomic E-state index is -4.94. The molecule has 2 heterocycles. The van der Waals surface area contributed by atoms with Crippen LogP contribution in [0.3, 0.4) is 0 Å². The molecule has 0 N–H and O–H groups in total. The maximum Gasteiger partial charge on any atom is 0.388 e. The van der Waals surface area contributed by atoms with E-state index in [2.05, 4.69) is 95.1 Å². The molecule has 7 nitrogen and oxygen atoms in total. The zero-order chi connectivity index (χ0) is 21.0. The van der Waals surface area contributed by atoms with E-state index >= 15 is 0 Å². The summed E-state index contributed by atoms with van der Waals surface area (Å²) in [7, 11) is -0.840. The Labute approximate surface area is 173 Å². The van der Waals surface area contributed by atoms with Crippen LogP contribution in [0.15, 0.2) is 60.8 Å². The topological polar surface area (TPSA) is 112 Å². The van der Waals surface area contributed by atoms with E-state index in [1.165, 1.54) is 21.5 Å². The number of fused-ring (bicyclic) bond motifs is 3. The average Bonchev–Trinajstić information content (AvgIpc) is 3.04. The highest BCUT2D eigenvalue weighted by atomic mass is 35.7. The molecule has 4 aromatic rings. The minimum Gasteiger partial charge on any atom is -0.378 e. The molecule has 2 aromatic heterocycles. The average molecular weight is 432 g/mol. The van der Waals surface area contributed by atoms with E-state index in [1.54, 1.807) is 11.3 Å². The molecule has 2 aromatic carbocycles. The van der Waals surface area contributed by atoms with Crippen molar-refractivity contribution in [2.24, 2.45) is 0 Å². The summed E-state index contributed by atoms with van der Waals surface area (Å²) in [4.78, 5) is 7.63. The lowest BCUT2D eigenvalue weighted by Crippen LogP contribution is -2.68. The number of aromatic nitrogens is 2. The largest absolute Gasteiger partial charge is 0.388 e. The first-order chi connectivity index (χ1) is 13.7. The molecule has 0 spiro atoms. The fraction of sp³-hybridized carbons (Fsp3) is 0.100. The van der Waals surface area contributed by atoms with E-state index in [-0.39, 0.29) is 0 Å². The second kappa shape index (κ2) is 8.83. The van der Waals surface area contributed by atoms with Crippen molar-refractivity contribution in [1.82, 2.24) is 4.98 Å². The molecule has 29 heavy (non-hydrogen) atoms. The molecule has 150 valence electrons. The van der Waals surface area contributed by atoms with Gasteiger partial charge < -0.3 is 4.90 Å². The van der Waals surface area contributed by atoms with Crippen molar-refractivity contribution < 1.29 is 33.3 Å². The molecule has 0 unspecified atom stereocenters. The minimum absolute atomic E-state index is 1.02. The predicted molar refractivity (Wildman–Crippen MR) is 102 cm³/mol. The Bertz CT molecular complexity index is 1130. The SMILES string of the molecule is CN(C)c1ccc(/C=C/c2ccnc3sc4ccccc4[n+]23)cc1.[O-][Cl+3]([O-])([O-])[O-]. The van der Waals surface area contributed by atoms with Gasteiger partial charge in [0, 0.05) is 25.8 Å². The van der Waals surface area contributed by atoms with Gasteiger partial charge >= 0.3 is 4.96 Å². The highest BCUT2D eigenvalue weighted by molar-refractivity contribution is 7.22. The highest BCUT2D eigenvalue weighted by Crippen LogP contribution is 2.21. The summed E-state index contributed by atoms with van der Waals surface area (Å²) in [6.07, 6.45) is 6.17. The molecule has 0 aliphatic rings. The Hall–Kier alpha value is -2.59. The van der Waals surface area contributed by atoms with Crippen molar-refractivity contribution in [2.45, 2.75) is 0 Å². The lowest BCUT2D eigenvalue weighted by atomic mass is 10.1. The van der Waals surface area contributed by atoms with Gasteiger partial charge in [-0.15, -0.1) is 10.2 Å². The molecule has 9 heteroatoms. The first-order valence-corrected chi connectivity index (χ1v) is 10.5. The molecule has 0 aliphatic carbocycles. The highest BCUT2D eigenvalue weighted by Gasteiger charge is 2.15. The van der Waals surface area contributed by atoms with Crippen LogP contribution in [0.1, 0.15) is 11.3 Å². The third kappa shape index (κ3) is 5.70. The van der Waals surface area contributed by atoms with Gasteiger partial charge in [0.2, 0.25) is 0 Å². The van der Waals surface area contributed by atoms with E-state index in [9.17, 15) is 0 Å². The van der Waals surface area contributed by atoms with Crippen molar-refractivity contribution in [3.63, 3.8) is 0 Å². The Morgan fingerprint density at radius 2 is 1.59 bits per heavy atom. The van der Waals surface area contributed by atoms with Gasteiger partial charge in [0.25, 0.3) is 0 Å². The molecule has 0 amide bonds. The fourth-order valence-electron chi connectivity index (χ4n) is 2.76. The first-order valence-electron chi connectivity index (χ1n) is 8.48. The summed E-state index contributed by atoms with van der Waals surface area (Å²) in [5.74, 6) is 0. The van der Waals surface area contributed by atoms with Gasteiger partial charge in [-0.05, 0) is 52.2 Å². The predicted octanol–water partition coefficient (Wildman–Crippen LogP) is -0.485. The van der Waals surface area contributed by atoms with Gasteiger partial charge in [-0.25, -0.2) is 18.6 Å². The van der Waals surface area contributed by atoms with Gasteiger partial charge in [0.1, 0.15) is 11.9 Å². The molecule has 0 saturated carbocycles. The first kappa shape index (κ1) is 21.1. The van der Waals surface area contributed by atoms with Crippen LogP contribution in [-0.4, -0.2) is 19.1 Å². The zero-order valence-electron chi connectivity index (χ0n) is 15.7. The number of halogens is 1. The normalized spacial score (nSPS) is 11.7. The molecular weight excluding hydrogens is 414 g/mol. The van der Waals surface area contributed by atoms with Crippen molar-refractivity contribution >= 4 is 44.4 Å². The Morgan fingerprint density at radius 1 is 0.931 bits per heavy atom. The maximum atomic E-state index is 8.49. The third-order valence-corrected chi connectivity index (χ3v) is 5.08. The van der Waals surface area contributed by atoms with Crippen molar-refractivity contribution in [1.29, 1.82) is 0 Å². The molecule has 0 atom stereocenters. The number of anilines is 1. The van der Waals surface area contributed by atoms with Gasteiger partial charge in [-0.3, -0.25) is 0 Å². The van der Waals surface area contributed by atoms with Crippen LogP contribution in [0.25, 0.3) is 27.3 Å². The van der Waals surface area contributed by atoms with Crippen molar-refractivity contribution in [3.8, 4) is 0 Å². The second-order valence-electron chi connectivity index (χ2n) is 6.25. The lowest BCUT2D eigenvalue weighted by molar-refractivity contribution is -2.00. The smallest absolute Gasteiger partial charge is 0.378 e. The molecule has 0 fully saturated rings. The van der Waals surface area contributed by atoms with Crippen molar-refractivity contribution in [2.75, 3.05) is 19.0 Å². The number of rotatable bonds is 3. The van der Waals surface area contributed by atoms with Crippen molar-refractivity contribution in [3.05, 3.63) is 72.1 Å². The van der Waals surface area contributed by atoms with E-state index in [0.717, 1.165) is 10.7 Å². The monoisotopic (exact) mass is 431 g/mol. The summed E-state index contributed by atoms with van der Waals surface area (Å²) < 4.78 is 37.4. The Balaban J connectivity index is 0.000000431. The molecule has 4 rings (SSSR count). The van der Waals surface area contributed by atoms with E-state index in [1.807, 2.05) is 6.20 Å². The Morgan fingerprint density at radius 3 is 2.24 bits per heavy atom. The molecular formula is C20H18ClN3O4S. The molecule has 0 saturated heterocycles. The number of thiazole rings is 1. The van der Waals surface area contributed by atoms with Crippen LogP contribution < -0.4 is 27.9 Å². The second-order valence-corrected chi connectivity index (χ2v) is 8.02. The summed E-state index contributed by atoms with van der Waals surface area (Å²) in [6.45, 7) is 0. The van der Waals surface area contributed by atoms with Crippen LogP contribution in [-0.2, 0) is 0 Å². The van der Waals surface area contributed by atoms with Crippen LogP contribution in [0, 0.1) is 10.2 Å². The summed E-state index contributed by atoms with van der Waals surface area (Å²) in [6, 6.07) is 19.0. The lowest BCUT2D eigenvalue weighted by Gasteiger charge is -2.17. The maximum absolute atomic E-state index is 8.49. The number of para-hydroxylation sites is 1. The quantitative estimate of drug-likeness (QED) is 0.405. The molecule has 0 aliphatic heterocycles. The van der Waals surface area contributed by atoms with E-state index < -0.39 is 10.2 Å². The van der Waals surface area contributed by atoms with Crippen LogP contribution >= 0.6 is 11.3 Å². The number of nitrogens with zero attached hydrogens (tertiary/aromatic N) is 3. The molecule has 0 radical (unpaired) electrons. The Kier molecular flexibility index (Phi) is 6.43. The van der Waals surface area contributed by atoms with E-state index in [4.69, 9.17) is 18.6 Å². The van der Waals surface area contributed by atoms with Crippen LogP contribution in [0.5, 0.6) is 0 Å². The van der Waals surface area contributed by atoms with Gasteiger partial charge in [0.15, 0.2) is 5.52 Å².